The zero-order chi connectivity index (χ0) is 16.3. The molecule has 2 aromatic rings. The number of benzene rings is 1. The molecule has 23 heavy (non-hydrogen) atoms. The number of nitrogens with one attached hydrogen (secondary N) is 1. The first-order valence-corrected chi connectivity index (χ1v) is 9.85. The molecule has 0 amide bonds. The van der Waals surface area contributed by atoms with Gasteiger partial charge in [0.15, 0.2) is 11.5 Å². The number of fused-ring (bicyclic) bond motifs is 1. The van der Waals surface area contributed by atoms with Gasteiger partial charge in [0.1, 0.15) is 4.21 Å². The van der Waals surface area contributed by atoms with Gasteiger partial charge in [-0.1, -0.05) is 13.0 Å². The molecule has 1 aliphatic rings. The van der Waals surface area contributed by atoms with Crippen LogP contribution in [0.1, 0.15) is 23.8 Å². The third-order valence-corrected chi connectivity index (χ3v) is 6.80. The van der Waals surface area contributed by atoms with Gasteiger partial charge in [0.05, 0.1) is 0 Å². The highest BCUT2D eigenvalue weighted by molar-refractivity contribution is 7.91. The van der Waals surface area contributed by atoms with E-state index in [1.54, 1.807) is 6.07 Å². The molecule has 1 aromatic heterocycles. The fourth-order valence-electron chi connectivity index (χ4n) is 2.36. The Morgan fingerprint density at radius 2 is 2.00 bits per heavy atom. The summed E-state index contributed by atoms with van der Waals surface area (Å²) in [6, 6.07) is 9.35. The molecule has 0 saturated carbocycles. The van der Waals surface area contributed by atoms with Crippen molar-refractivity contribution in [1.82, 2.24) is 4.72 Å². The Balaban J connectivity index is 1.51. The Labute approximate surface area is 140 Å². The Hall–Kier alpha value is -1.57. The van der Waals surface area contributed by atoms with Crippen LogP contribution in [-0.2, 0) is 22.9 Å². The molecule has 0 aliphatic carbocycles. The van der Waals surface area contributed by atoms with Crippen molar-refractivity contribution in [1.29, 1.82) is 0 Å². The average molecular weight is 353 g/mol. The highest BCUT2D eigenvalue weighted by atomic mass is 32.2. The number of hydrogen-bond acceptors (Lipinski definition) is 5. The normalized spacial score (nSPS) is 13.4. The van der Waals surface area contributed by atoms with Crippen LogP contribution in [0, 0.1) is 0 Å². The summed E-state index contributed by atoms with van der Waals surface area (Å²) in [6.07, 6.45) is 2.36. The largest absolute Gasteiger partial charge is 0.454 e. The Morgan fingerprint density at radius 3 is 2.78 bits per heavy atom. The molecule has 0 spiro atoms. The summed E-state index contributed by atoms with van der Waals surface area (Å²) >= 11 is 1.33. The predicted octanol–water partition coefficient (Wildman–Crippen LogP) is 2.95. The lowest BCUT2D eigenvalue weighted by Crippen LogP contribution is -2.24. The molecule has 0 atom stereocenters. The van der Waals surface area contributed by atoms with Crippen LogP contribution >= 0.6 is 11.3 Å². The SMILES string of the molecule is CCc1ccc(S(=O)(=O)NCCCc2ccc3c(c2)OCO3)s1. The van der Waals surface area contributed by atoms with E-state index < -0.39 is 10.0 Å². The van der Waals surface area contributed by atoms with Gasteiger partial charge >= 0.3 is 0 Å². The Morgan fingerprint density at radius 1 is 1.17 bits per heavy atom. The second kappa shape index (κ2) is 6.90. The zero-order valence-corrected chi connectivity index (χ0v) is 14.5. The molecule has 2 heterocycles. The molecular formula is C16H19NO4S2. The van der Waals surface area contributed by atoms with Gasteiger partial charge in [-0.15, -0.1) is 11.3 Å². The smallest absolute Gasteiger partial charge is 0.250 e. The second-order valence-electron chi connectivity index (χ2n) is 5.26. The van der Waals surface area contributed by atoms with Gasteiger partial charge in [-0.2, -0.15) is 0 Å². The summed E-state index contributed by atoms with van der Waals surface area (Å²) in [5, 5.41) is 0. The van der Waals surface area contributed by atoms with E-state index in [2.05, 4.69) is 4.72 Å². The van der Waals surface area contributed by atoms with Crippen molar-refractivity contribution in [3.63, 3.8) is 0 Å². The third kappa shape index (κ3) is 3.85. The van der Waals surface area contributed by atoms with Gasteiger partial charge in [-0.3, -0.25) is 0 Å². The minimum absolute atomic E-state index is 0.263. The van der Waals surface area contributed by atoms with Gasteiger partial charge in [0, 0.05) is 11.4 Å². The first kappa shape index (κ1) is 16.3. The van der Waals surface area contributed by atoms with Gasteiger partial charge in [0.25, 0.3) is 0 Å². The van der Waals surface area contributed by atoms with E-state index in [1.807, 2.05) is 31.2 Å². The molecule has 1 aliphatic heterocycles. The number of thiophene rings is 1. The molecule has 0 unspecified atom stereocenters. The maximum Gasteiger partial charge on any atom is 0.250 e. The number of aryl methyl sites for hydroxylation is 2. The lowest BCUT2D eigenvalue weighted by atomic mass is 10.1. The van der Waals surface area contributed by atoms with E-state index in [1.165, 1.54) is 11.3 Å². The average Bonchev–Trinajstić information content (AvgIpc) is 3.20. The van der Waals surface area contributed by atoms with E-state index in [9.17, 15) is 8.42 Å². The highest BCUT2D eigenvalue weighted by Gasteiger charge is 2.16. The van der Waals surface area contributed by atoms with Gasteiger partial charge in [-0.05, 0) is 49.1 Å². The summed E-state index contributed by atoms with van der Waals surface area (Å²) in [4.78, 5) is 1.07. The number of ether oxygens (including phenoxy) is 2. The first-order chi connectivity index (χ1) is 11.1. The first-order valence-electron chi connectivity index (χ1n) is 7.55. The highest BCUT2D eigenvalue weighted by Crippen LogP contribution is 2.32. The van der Waals surface area contributed by atoms with Crippen LogP contribution in [0.2, 0.25) is 0 Å². The lowest BCUT2D eigenvalue weighted by molar-refractivity contribution is 0.174. The van der Waals surface area contributed by atoms with Crippen LogP contribution in [0.5, 0.6) is 11.5 Å². The minimum atomic E-state index is -3.39. The standard InChI is InChI=1S/C16H19NO4S2/c1-2-13-6-8-16(22-13)23(18,19)17-9-3-4-12-5-7-14-15(10-12)21-11-20-14/h5-8,10,17H,2-4,9,11H2,1H3. The van der Waals surface area contributed by atoms with Crippen molar-refractivity contribution in [2.24, 2.45) is 0 Å². The van der Waals surface area contributed by atoms with E-state index >= 15 is 0 Å². The van der Waals surface area contributed by atoms with Crippen LogP contribution in [0.15, 0.2) is 34.5 Å². The summed E-state index contributed by atoms with van der Waals surface area (Å²) in [5.41, 5.74) is 1.11. The summed E-state index contributed by atoms with van der Waals surface area (Å²) in [5.74, 6) is 1.52. The van der Waals surface area contributed by atoms with Crippen molar-refractivity contribution in [3.05, 3.63) is 40.8 Å². The monoisotopic (exact) mass is 353 g/mol. The van der Waals surface area contributed by atoms with Crippen LogP contribution in [0.4, 0.5) is 0 Å². The van der Waals surface area contributed by atoms with Crippen LogP contribution in [-0.4, -0.2) is 21.8 Å². The fraction of sp³-hybridized carbons (Fsp3) is 0.375. The molecule has 7 heteroatoms. The molecule has 0 saturated heterocycles. The third-order valence-electron chi connectivity index (χ3n) is 3.62. The quantitative estimate of drug-likeness (QED) is 0.777. The maximum atomic E-state index is 12.2. The van der Waals surface area contributed by atoms with Crippen LogP contribution in [0.25, 0.3) is 0 Å². The van der Waals surface area contributed by atoms with Crippen LogP contribution in [0.3, 0.4) is 0 Å². The fourth-order valence-corrected chi connectivity index (χ4v) is 4.77. The molecule has 1 aromatic carbocycles. The molecular weight excluding hydrogens is 334 g/mol. The molecule has 0 fully saturated rings. The van der Waals surface area contributed by atoms with Crippen molar-refractivity contribution in [2.45, 2.75) is 30.4 Å². The maximum absolute atomic E-state index is 12.2. The van der Waals surface area contributed by atoms with E-state index in [0.717, 1.165) is 41.2 Å². The zero-order valence-electron chi connectivity index (χ0n) is 12.9. The molecule has 1 N–H and O–H groups in total. The van der Waals surface area contributed by atoms with E-state index in [4.69, 9.17) is 9.47 Å². The number of rotatable bonds is 7. The van der Waals surface area contributed by atoms with Crippen molar-refractivity contribution < 1.29 is 17.9 Å². The lowest BCUT2D eigenvalue weighted by Gasteiger charge is -2.06. The topological polar surface area (TPSA) is 64.6 Å². The number of hydrogen-bond donors (Lipinski definition) is 1. The summed E-state index contributed by atoms with van der Waals surface area (Å²) in [6.45, 7) is 2.69. The van der Waals surface area contributed by atoms with E-state index in [0.29, 0.717) is 10.8 Å². The predicted molar refractivity (Wildman–Crippen MR) is 89.8 cm³/mol. The van der Waals surface area contributed by atoms with Gasteiger partial charge in [-0.25, -0.2) is 13.1 Å². The molecule has 3 rings (SSSR count). The minimum Gasteiger partial charge on any atom is -0.454 e. The van der Waals surface area contributed by atoms with Crippen molar-refractivity contribution in [2.75, 3.05) is 13.3 Å². The van der Waals surface area contributed by atoms with Gasteiger partial charge in [0.2, 0.25) is 16.8 Å². The molecule has 5 nitrogen and oxygen atoms in total. The Bertz CT molecular complexity index is 783. The van der Waals surface area contributed by atoms with Crippen molar-refractivity contribution >= 4 is 21.4 Å². The van der Waals surface area contributed by atoms with Gasteiger partial charge < -0.3 is 9.47 Å². The summed E-state index contributed by atoms with van der Waals surface area (Å²) < 4.78 is 38.0. The van der Waals surface area contributed by atoms with Crippen LogP contribution < -0.4 is 14.2 Å². The molecule has 0 bridgehead atoms. The number of sulfonamides is 1. The second-order valence-corrected chi connectivity index (χ2v) is 8.43. The Kier molecular flexibility index (Phi) is 4.89. The molecule has 124 valence electrons. The van der Waals surface area contributed by atoms with Crippen molar-refractivity contribution in [3.8, 4) is 11.5 Å². The summed E-state index contributed by atoms with van der Waals surface area (Å²) in [7, 11) is -3.39. The van der Waals surface area contributed by atoms with E-state index in [-0.39, 0.29) is 6.79 Å². The molecule has 0 radical (unpaired) electrons.